The molecule has 0 saturated carbocycles. The lowest BCUT2D eigenvalue weighted by Gasteiger charge is -2.24. The van der Waals surface area contributed by atoms with E-state index in [1.807, 2.05) is 13.8 Å². The lowest BCUT2D eigenvalue weighted by atomic mass is 10.1. The van der Waals surface area contributed by atoms with Crippen molar-refractivity contribution in [3.05, 3.63) is 0 Å². The van der Waals surface area contributed by atoms with Crippen molar-refractivity contribution in [3.63, 3.8) is 0 Å². The summed E-state index contributed by atoms with van der Waals surface area (Å²) in [6.07, 6.45) is -2.31. The van der Waals surface area contributed by atoms with Crippen LogP contribution in [0.4, 0.5) is 13.2 Å². The average molecular weight is 266 g/mol. The normalized spacial score (nSPS) is 24.9. The van der Waals surface area contributed by atoms with Crippen molar-refractivity contribution in [1.82, 2.24) is 10.2 Å². The number of carbonyl (C=O) groups excluding carboxylic acids is 1. The fourth-order valence-electron chi connectivity index (χ4n) is 2.27. The number of carbonyl (C=O) groups is 1. The number of alkyl halides is 3. The first-order valence-electron chi connectivity index (χ1n) is 6.52. The molecule has 2 unspecified atom stereocenters. The summed E-state index contributed by atoms with van der Waals surface area (Å²) in [4.78, 5) is 13.4. The Morgan fingerprint density at radius 2 is 1.83 bits per heavy atom. The first-order chi connectivity index (χ1) is 8.39. The van der Waals surface area contributed by atoms with Gasteiger partial charge >= 0.3 is 6.18 Å². The Hall–Kier alpha value is -0.780. The molecule has 0 radical (unpaired) electrons. The molecule has 1 rings (SSSR count). The van der Waals surface area contributed by atoms with Crippen molar-refractivity contribution >= 4 is 5.91 Å². The van der Waals surface area contributed by atoms with Crippen LogP contribution < -0.4 is 5.32 Å². The van der Waals surface area contributed by atoms with Gasteiger partial charge in [0.25, 0.3) is 0 Å². The molecule has 0 aliphatic carbocycles. The van der Waals surface area contributed by atoms with Crippen LogP contribution in [0.15, 0.2) is 0 Å². The van der Waals surface area contributed by atoms with Crippen LogP contribution in [0.2, 0.25) is 0 Å². The summed E-state index contributed by atoms with van der Waals surface area (Å²) in [5.41, 5.74) is 0. The highest BCUT2D eigenvalue weighted by Gasteiger charge is 2.39. The molecule has 6 heteroatoms. The molecule has 0 aromatic carbocycles. The Morgan fingerprint density at radius 1 is 1.22 bits per heavy atom. The topological polar surface area (TPSA) is 32.3 Å². The summed E-state index contributed by atoms with van der Waals surface area (Å²) < 4.78 is 36.7. The second-order valence-corrected chi connectivity index (χ2v) is 4.71. The van der Waals surface area contributed by atoms with Crippen LogP contribution in [0.5, 0.6) is 0 Å². The van der Waals surface area contributed by atoms with E-state index in [1.165, 1.54) is 4.90 Å². The fourth-order valence-corrected chi connectivity index (χ4v) is 2.27. The molecular weight excluding hydrogens is 245 g/mol. The molecular formula is C12H21F3N2O. The minimum atomic E-state index is -4.21. The second kappa shape index (κ2) is 6.41. The molecule has 0 aromatic rings. The molecule has 1 N–H and O–H groups in total. The van der Waals surface area contributed by atoms with E-state index in [-0.39, 0.29) is 24.7 Å². The third-order valence-electron chi connectivity index (χ3n) is 3.13. The third-order valence-corrected chi connectivity index (χ3v) is 3.13. The van der Waals surface area contributed by atoms with Crippen LogP contribution in [-0.4, -0.2) is 35.7 Å². The lowest BCUT2D eigenvalue weighted by Crippen LogP contribution is -2.39. The molecule has 18 heavy (non-hydrogen) atoms. The van der Waals surface area contributed by atoms with Gasteiger partial charge < -0.3 is 4.90 Å². The Kier molecular flexibility index (Phi) is 5.44. The highest BCUT2D eigenvalue weighted by atomic mass is 19.4. The molecule has 1 fully saturated rings. The SMILES string of the molecule is CCCC1NC(CCC)N(CCC(F)(F)F)C1=O. The van der Waals surface area contributed by atoms with E-state index >= 15 is 0 Å². The third kappa shape index (κ3) is 4.15. The van der Waals surface area contributed by atoms with Crippen molar-refractivity contribution in [3.8, 4) is 0 Å². The molecule has 1 heterocycles. The van der Waals surface area contributed by atoms with Crippen molar-refractivity contribution in [2.45, 2.75) is 64.3 Å². The van der Waals surface area contributed by atoms with Crippen molar-refractivity contribution in [2.24, 2.45) is 0 Å². The number of rotatable bonds is 6. The molecule has 1 aliphatic heterocycles. The van der Waals surface area contributed by atoms with Crippen LogP contribution in [0.1, 0.15) is 46.0 Å². The van der Waals surface area contributed by atoms with Crippen molar-refractivity contribution in [1.29, 1.82) is 0 Å². The van der Waals surface area contributed by atoms with Gasteiger partial charge in [-0.2, -0.15) is 13.2 Å². The van der Waals surface area contributed by atoms with Crippen LogP contribution in [0.25, 0.3) is 0 Å². The lowest BCUT2D eigenvalue weighted by molar-refractivity contribution is -0.145. The second-order valence-electron chi connectivity index (χ2n) is 4.71. The molecule has 2 atom stereocenters. The molecule has 0 bridgehead atoms. The number of nitrogens with one attached hydrogen (secondary N) is 1. The summed E-state index contributed by atoms with van der Waals surface area (Å²) in [5.74, 6) is -0.181. The van der Waals surface area contributed by atoms with Crippen molar-refractivity contribution in [2.75, 3.05) is 6.54 Å². The molecule has 0 aromatic heterocycles. The molecule has 106 valence electrons. The summed E-state index contributed by atoms with van der Waals surface area (Å²) in [7, 11) is 0. The summed E-state index contributed by atoms with van der Waals surface area (Å²) in [6.45, 7) is 3.68. The van der Waals surface area contributed by atoms with Crippen LogP contribution >= 0.6 is 0 Å². The van der Waals surface area contributed by atoms with Crippen LogP contribution in [0.3, 0.4) is 0 Å². The highest BCUT2D eigenvalue weighted by Crippen LogP contribution is 2.24. The number of amides is 1. The summed E-state index contributed by atoms with van der Waals surface area (Å²) in [5, 5.41) is 3.14. The van der Waals surface area contributed by atoms with E-state index in [0.717, 1.165) is 12.8 Å². The van der Waals surface area contributed by atoms with Crippen molar-refractivity contribution < 1.29 is 18.0 Å². The summed E-state index contributed by atoms with van der Waals surface area (Å²) in [6, 6.07) is -0.306. The van der Waals surface area contributed by atoms with E-state index in [1.54, 1.807) is 0 Å². The Morgan fingerprint density at radius 3 is 2.33 bits per heavy atom. The molecule has 1 aliphatic rings. The maximum Gasteiger partial charge on any atom is 0.390 e. The highest BCUT2D eigenvalue weighted by molar-refractivity contribution is 5.84. The Balaban J connectivity index is 2.62. The minimum absolute atomic E-state index is 0.181. The molecule has 3 nitrogen and oxygen atoms in total. The molecule has 1 amide bonds. The molecule has 0 spiro atoms. The Labute approximate surface area is 106 Å². The quantitative estimate of drug-likeness (QED) is 0.801. The van der Waals surface area contributed by atoms with E-state index in [9.17, 15) is 18.0 Å². The van der Waals surface area contributed by atoms with Gasteiger partial charge in [0.1, 0.15) is 0 Å². The first kappa shape index (κ1) is 15.3. The van der Waals surface area contributed by atoms with Gasteiger partial charge in [-0.1, -0.05) is 26.7 Å². The number of hydrogen-bond acceptors (Lipinski definition) is 2. The molecule has 1 saturated heterocycles. The number of hydrogen-bond donors (Lipinski definition) is 1. The zero-order valence-electron chi connectivity index (χ0n) is 10.9. The van der Waals surface area contributed by atoms with Crippen LogP contribution in [-0.2, 0) is 4.79 Å². The van der Waals surface area contributed by atoms with Gasteiger partial charge in [-0.15, -0.1) is 0 Å². The predicted molar refractivity (Wildman–Crippen MR) is 62.9 cm³/mol. The van der Waals surface area contributed by atoms with Gasteiger partial charge in [0.15, 0.2) is 0 Å². The largest absolute Gasteiger partial charge is 0.390 e. The predicted octanol–water partition coefficient (Wildman–Crippen LogP) is 2.67. The number of nitrogens with zero attached hydrogens (tertiary/aromatic N) is 1. The van der Waals surface area contributed by atoms with Gasteiger partial charge in [-0.3, -0.25) is 10.1 Å². The van der Waals surface area contributed by atoms with Gasteiger partial charge in [0.05, 0.1) is 18.6 Å². The van der Waals surface area contributed by atoms with Gasteiger partial charge in [0.2, 0.25) is 5.91 Å². The van der Waals surface area contributed by atoms with E-state index < -0.39 is 12.6 Å². The standard InChI is InChI=1S/C12H21F3N2O/c1-3-5-9-11(18)17(8-7-12(13,14)15)10(16-9)6-4-2/h9-10,16H,3-8H2,1-2H3. The Bertz CT molecular complexity index is 281. The van der Waals surface area contributed by atoms with Gasteiger partial charge in [0, 0.05) is 6.54 Å². The van der Waals surface area contributed by atoms with E-state index in [4.69, 9.17) is 0 Å². The fraction of sp³-hybridized carbons (Fsp3) is 0.917. The minimum Gasteiger partial charge on any atom is -0.325 e. The van der Waals surface area contributed by atoms with E-state index in [0.29, 0.717) is 12.8 Å². The van der Waals surface area contributed by atoms with Gasteiger partial charge in [-0.05, 0) is 12.8 Å². The summed E-state index contributed by atoms with van der Waals surface area (Å²) >= 11 is 0. The zero-order valence-corrected chi connectivity index (χ0v) is 10.9. The first-order valence-corrected chi connectivity index (χ1v) is 6.52. The maximum atomic E-state index is 12.2. The average Bonchev–Trinajstić information content (AvgIpc) is 2.53. The van der Waals surface area contributed by atoms with E-state index in [2.05, 4.69) is 5.32 Å². The zero-order chi connectivity index (χ0) is 13.8. The number of halogens is 3. The van der Waals surface area contributed by atoms with Crippen LogP contribution in [0, 0.1) is 0 Å². The van der Waals surface area contributed by atoms with Gasteiger partial charge in [-0.25, -0.2) is 0 Å². The monoisotopic (exact) mass is 266 g/mol. The smallest absolute Gasteiger partial charge is 0.325 e. The maximum absolute atomic E-state index is 12.2.